The van der Waals surface area contributed by atoms with Crippen molar-refractivity contribution >= 4 is 28.5 Å². The first kappa shape index (κ1) is 20.2. The van der Waals surface area contributed by atoms with E-state index in [0.29, 0.717) is 36.8 Å². The molecule has 0 saturated carbocycles. The SMILES string of the molecule is O=C(NCCc1nc2ccccc2n1CCCOc1ccccc1Cl)C1=CC=CC1. The third kappa shape index (κ3) is 4.74. The second kappa shape index (κ2) is 9.63. The quantitative estimate of drug-likeness (QED) is 0.509. The van der Waals surface area contributed by atoms with Gasteiger partial charge in [-0.15, -0.1) is 0 Å². The Morgan fingerprint density at radius 1 is 1.17 bits per heavy atom. The van der Waals surface area contributed by atoms with E-state index < -0.39 is 0 Å². The molecule has 1 aliphatic rings. The smallest absolute Gasteiger partial charge is 0.247 e. The van der Waals surface area contributed by atoms with Crippen molar-refractivity contribution in [2.75, 3.05) is 13.2 Å². The number of allylic oxidation sites excluding steroid dienone is 3. The zero-order valence-electron chi connectivity index (χ0n) is 16.7. The number of amides is 1. The van der Waals surface area contributed by atoms with Crippen molar-refractivity contribution in [2.45, 2.75) is 25.8 Å². The second-order valence-electron chi connectivity index (χ2n) is 7.13. The molecule has 6 heteroatoms. The number of aromatic nitrogens is 2. The zero-order chi connectivity index (χ0) is 20.8. The van der Waals surface area contributed by atoms with E-state index in [4.69, 9.17) is 21.3 Å². The summed E-state index contributed by atoms with van der Waals surface area (Å²) in [5, 5.41) is 3.62. The Kier molecular flexibility index (Phi) is 6.50. The van der Waals surface area contributed by atoms with Crippen LogP contribution in [-0.4, -0.2) is 28.6 Å². The molecule has 1 aromatic heterocycles. The summed E-state index contributed by atoms with van der Waals surface area (Å²) in [6.07, 6.45) is 7.97. The van der Waals surface area contributed by atoms with E-state index in [2.05, 4.69) is 16.0 Å². The molecule has 0 atom stereocenters. The highest BCUT2D eigenvalue weighted by molar-refractivity contribution is 6.32. The normalized spacial score (nSPS) is 12.9. The van der Waals surface area contributed by atoms with Crippen LogP contribution in [0.4, 0.5) is 0 Å². The van der Waals surface area contributed by atoms with Gasteiger partial charge < -0.3 is 14.6 Å². The van der Waals surface area contributed by atoms with Gasteiger partial charge in [0.15, 0.2) is 0 Å². The molecule has 0 spiro atoms. The maximum absolute atomic E-state index is 12.2. The topological polar surface area (TPSA) is 56.2 Å². The lowest BCUT2D eigenvalue weighted by molar-refractivity contribution is -0.117. The van der Waals surface area contributed by atoms with Gasteiger partial charge in [-0.2, -0.15) is 0 Å². The van der Waals surface area contributed by atoms with Crippen LogP contribution in [0.5, 0.6) is 5.75 Å². The monoisotopic (exact) mass is 421 g/mol. The van der Waals surface area contributed by atoms with Crippen molar-refractivity contribution < 1.29 is 9.53 Å². The van der Waals surface area contributed by atoms with Gasteiger partial charge >= 0.3 is 0 Å². The highest BCUT2D eigenvalue weighted by Crippen LogP contribution is 2.23. The number of benzene rings is 2. The lowest BCUT2D eigenvalue weighted by Crippen LogP contribution is -2.27. The summed E-state index contributed by atoms with van der Waals surface area (Å²) in [5.41, 5.74) is 2.87. The van der Waals surface area contributed by atoms with E-state index in [1.165, 1.54) is 0 Å². The fourth-order valence-corrected chi connectivity index (χ4v) is 3.74. The van der Waals surface area contributed by atoms with E-state index in [1.54, 1.807) is 0 Å². The van der Waals surface area contributed by atoms with Crippen LogP contribution in [-0.2, 0) is 17.8 Å². The lowest BCUT2D eigenvalue weighted by Gasteiger charge is -2.11. The number of hydrogen-bond acceptors (Lipinski definition) is 3. The van der Waals surface area contributed by atoms with Crippen LogP contribution in [0.3, 0.4) is 0 Å². The molecule has 30 heavy (non-hydrogen) atoms. The van der Waals surface area contributed by atoms with Crippen LogP contribution in [0.25, 0.3) is 11.0 Å². The van der Waals surface area contributed by atoms with Crippen molar-refractivity contribution in [3.8, 4) is 5.75 Å². The molecule has 0 bridgehead atoms. The van der Waals surface area contributed by atoms with Crippen molar-refractivity contribution in [3.63, 3.8) is 0 Å². The molecule has 5 nitrogen and oxygen atoms in total. The number of rotatable bonds is 9. The van der Waals surface area contributed by atoms with Crippen LogP contribution in [0, 0.1) is 0 Å². The third-order valence-corrected chi connectivity index (χ3v) is 5.36. The standard InChI is InChI=1S/C24H24ClN3O2/c25-19-10-3-6-13-22(19)30-17-7-16-28-21-12-5-4-11-20(21)27-23(28)14-15-26-24(29)18-8-1-2-9-18/h1-6,8,10-13H,7,9,14-17H2,(H,26,29). The van der Waals surface area contributed by atoms with Gasteiger partial charge in [0.05, 0.1) is 22.7 Å². The predicted molar refractivity (Wildman–Crippen MR) is 120 cm³/mol. The summed E-state index contributed by atoms with van der Waals surface area (Å²) >= 11 is 6.15. The minimum Gasteiger partial charge on any atom is -0.492 e. The number of imidazole rings is 1. The highest BCUT2D eigenvalue weighted by Gasteiger charge is 2.13. The zero-order valence-corrected chi connectivity index (χ0v) is 17.4. The molecule has 154 valence electrons. The Balaban J connectivity index is 1.37. The summed E-state index contributed by atoms with van der Waals surface area (Å²) in [5.74, 6) is 1.66. The number of fused-ring (bicyclic) bond motifs is 1. The number of carbonyl (C=O) groups is 1. The van der Waals surface area contributed by atoms with Gasteiger partial charge in [-0.3, -0.25) is 4.79 Å². The number of carbonyl (C=O) groups excluding carboxylic acids is 1. The lowest BCUT2D eigenvalue weighted by atomic mass is 10.2. The van der Waals surface area contributed by atoms with Gasteiger partial charge in [-0.1, -0.05) is 54.1 Å². The number of halogens is 1. The molecule has 0 fully saturated rings. The molecule has 0 radical (unpaired) electrons. The molecule has 4 rings (SSSR count). The molecule has 1 heterocycles. The molecule has 1 N–H and O–H groups in total. The van der Waals surface area contributed by atoms with Crippen LogP contribution >= 0.6 is 11.6 Å². The van der Waals surface area contributed by atoms with E-state index in [1.807, 2.05) is 60.7 Å². The maximum atomic E-state index is 12.2. The molecule has 1 amide bonds. The largest absolute Gasteiger partial charge is 0.492 e. The first-order chi connectivity index (χ1) is 14.7. The van der Waals surface area contributed by atoms with Crippen LogP contribution in [0.1, 0.15) is 18.7 Å². The number of para-hydroxylation sites is 3. The Labute approximate surface area is 181 Å². The molecule has 0 saturated heterocycles. The molecular formula is C24H24ClN3O2. The van der Waals surface area contributed by atoms with Crippen LogP contribution in [0.15, 0.2) is 72.3 Å². The van der Waals surface area contributed by atoms with Crippen molar-refractivity contribution in [3.05, 3.63) is 83.2 Å². The fraction of sp³-hybridized carbons (Fsp3) is 0.250. The Morgan fingerprint density at radius 2 is 2.00 bits per heavy atom. The van der Waals surface area contributed by atoms with Gasteiger partial charge in [0.2, 0.25) is 5.91 Å². The predicted octanol–water partition coefficient (Wildman–Crippen LogP) is 4.70. The van der Waals surface area contributed by atoms with Crippen molar-refractivity contribution in [1.29, 1.82) is 0 Å². The molecule has 0 aliphatic heterocycles. The van der Waals surface area contributed by atoms with Gasteiger partial charge in [0.25, 0.3) is 0 Å². The first-order valence-electron chi connectivity index (χ1n) is 10.2. The Bertz CT molecular complexity index is 1100. The van der Waals surface area contributed by atoms with Gasteiger partial charge in [-0.05, 0) is 37.1 Å². The highest BCUT2D eigenvalue weighted by atomic mass is 35.5. The van der Waals surface area contributed by atoms with Crippen LogP contribution < -0.4 is 10.1 Å². The summed E-state index contributed by atoms with van der Waals surface area (Å²) in [4.78, 5) is 17.0. The van der Waals surface area contributed by atoms with E-state index in [-0.39, 0.29) is 5.91 Å². The summed E-state index contributed by atoms with van der Waals surface area (Å²) in [7, 11) is 0. The molecule has 1 aliphatic carbocycles. The van der Waals surface area contributed by atoms with Gasteiger partial charge in [0, 0.05) is 25.1 Å². The number of nitrogens with one attached hydrogen (secondary N) is 1. The Hall–Kier alpha value is -3.05. The minimum atomic E-state index is -0.00389. The summed E-state index contributed by atoms with van der Waals surface area (Å²) in [6.45, 7) is 1.90. The van der Waals surface area contributed by atoms with E-state index >= 15 is 0 Å². The van der Waals surface area contributed by atoms with Crippen molar-refractivity contribution in [1.82, 2.24) is 14.9 Å². The fourth-order valence-electron chi connectivity index (χ4n) is 3.55. The van der Waals surface area contributed by atoms with Crippen LogP contribution in [0.2, 0.25) is 5.02 Å². The number of ether oxygens (including phenoxy) is 1. The third-order valence-electron chi connectivity index (χ3n) is 5.05. The molecule has 3 aromatic rings. The molecular weight excluding hydrogens is 398 g/mol. The molecule has 0 unspecified atom stereocenters. The number of nitrogens with zero attached hydrogens (tertiary/aromatic N) is 2. The van der Waals surface area contributed by atoms with Gasteiger partial charge in [-0.25, -0.2) is 4.98 Å². The second-order valence-corrected chi connectivity index (χ2v) is 7.54. The van der Waals surface area contributed by atoms with Crippen molar-refractivity contribution in [2.24, 2.45) is 0 Å². The number of aryl methyl sites for hydroxylation is 1. The average Bonchev–Trinajstić information content (AvgIpc) is 3.41. The minimum absolute atomic E-state index is 0.00389. The summed E-state index contributed by atoms with van der Waals surface area (Å²) in [6, 6.07) is 15.6. The maximum Gasteiger partial charge on any atom is 0.247 e. The van der Waals surface area contributed by atoms with Gasteiger partial charge in [0.1, 0.15) is 11.6 Å². The van der Waals surface area contributed by atoms with E-state index in [9.17, 15) is 4.79 Å². The molecule has 2 aromatic carbocycles. The first-order valence-corrected chi connectivity index (χ1v) is 10.6. The van der Waals surface area contributed by atoms with E-state index in [0.717, 1.165) is 35.4 Å². The number of hydrogen-bond donors (Lipinski definition) is 1. The average molecular weight is 422 g/mol. The Morgan fingerprint density at radius 3 is 2.83 bits per heavy atom. The summed E-state index contributed by atoms with van der Waals surface area (Å²) < 4.78 is 8.04.